The van der Waals surface area contributed by atoms with Gasteiger partial charge in [-0.3, -0.25) is 4.98 Å². The van der Waals surface area contributed by atoms with Crippen molar-refractivity contribution in [3.05, 3.63) is 66.0 Å². The van der Waals surface area contributed by atoms with Crippen LogP contribution >= 0.6 is 0 Å². The van der Waals surface area contributed by atoms with E-state index < -0.39 is 10.0 Å². The summed E-state index contributed by atoms with van der Waals surface area (Å²) in [6, 6.07) is 12.6. The third-order valence-corrected chi connectivity index (χ3v) is 5.56. The van der Waals surface area contributed by atoms with Gasteiger partial charge < -0.3 is 10.6 Å². The topological polar surface area (TPSA) is 109 Å². The second kappa shape index (κ2) is 8.77. The van der Waals surface area contributed by atoms with E-state index in [-0.39, 0.29) is 6.54 Å². The van der Waals surface area contributed by atoms with E-state index in [4.69, 9.17) is 0 Å². The number of aryl methyl sites for hydroxylation is 2. The van der Waals surface area contributed by atoms with Gasteiger partial charge in [0.2, 0.25) is 10.0 Å². The van der Waals surface area contributed by atoms with Crippen molar-refractivity contribution in [1.82, 2.24) is 19.9 Å². The Hall–Kier alpha value is -3.04. The van der Waals surface area contributed by atoms with Gasteiger partial charge in [0.1, 0.15) is 5.82 Å². The number of benzene rings is 1. The monoisotopic (exact) mass is 398 g/mol. The lowest BCUT2D eigenvalue weighted by Crippen LogP contribution is -2.29. The van der Waals surface area contributed by atoms with Crippen LogP contribution in [0.3, 0.4) is 0 Å². The molecule has 1 aromatic carbocycles. The summed E-state index contributed by atoms with van der Waals surface area (Å²) < 4.78 is 27.5. The van der Waals surface area contributed by atoms with E-state index in [2.05, 4.69) is 30.5 Å². The number of hydrogen-bond acceptors (Lipinski definition) is 7. The van der Waals surface area contributed by atoms with Gasteiger partial charge in [0.15, 0.2) is 5.82 Å². The number of aromatic nitrogens is 3. The highest BCUT2D eigenvalue weighted by atomic mass is 32.2. The molecule has 0 radical (unpaired) electrons. The number of nitrogens with zero attached hydrogens (tertiary/aromatic N) is 3. The van der Waals surface area contributed by atoms with E-state index in [0.717, 1.165) is 11.3 Å². The summed E-state index contributed by atoms with van der Waals surface area (Å²) in [6.45, 7) is 4.26. The first kappa shape index (κ1) is 19.7. The van der Waals surface area contributed by atoms with Gasteiger partial charge >= 0.3 is 0 Å². The van der Waals surface area contributed by atoms with Gasteiger partial charge in [-0.05, 0) is 55.3 Å². The summed E-state index contributed by atoms with van der Waals surface area (Å²) in [5.41, 5.74) is 2.44. The molecule has 3 N–H and O–H groups in total. The molecule has 0 atom stereocenters. The van der Waals surface area contributed by atoms with Gasteiger partial charge in [-0.2, -0.15) is 0 Å². The fraction of sp³-hybridized carbons (Fsp3) is 0.211. The summed E-state index contributed by atoms with van der Waals surface area (Å²) in [4.78, 5) is 4.32. The Kier molecular flexibility index (Phi) is 6.17. The highest BCUT2D eigenvalue weighted by Gasteiger charge is 2.16. The molecule has 0 bridgehead atoms. The van der Waals surface area contributed by atoms with Crippen molar-refractivity contribution in [3.63, 3.8) is 0 Å². The van der Waals surface area contributed by atoms with Crippen LogP contribution in [0.4, 0.5) is 17.3 Å². The Morgan fingerprint density at radius 3 is 2.46 bits per heavy atom. The molecule has 9 heteroatoms. The van der Waals surface area contributed by atoms with Gasteiger partial charge in [0.05, 0.1) is 16.8 Å². The van der Waals surface area contributed by atoms with E-state index in [1.54, 1.807) is 43.6 Å². The van der Waals surface area contributed by atoms with Crippen molar-refractivity contribution in [2.24, 2.45) is 0 Å². The quantitative estimate of drug-likeness (QED) is 0.501. The van der Waals surface area contributed by atoms with Crippen LogP contribution in [0.5, 0.6) is 0 Å². The first-order valence-corrected chi connectivity index (χ1v) is 10.2. The largest absolute Gasteiger partial charge is 0.367 e. The smallest absolute Gasteiger partial charge is 0.240 e. The number of pyridine rings is 1. The molecule has 0 amide bonds. The molecule has 0 fully saturated rings. The Morgan fingerprint density at radius 1 is 0.964 bits per heavy atom. The lowest BCUT2D eigenvalue weighted by atomic mass is 10.2. The second-order valence-electron chi connectivity index (χ2n) is 6.26. The minimum atomic E-state index is -3.55. The van der Waals surface area contributed by atoms with E-state index in [1.165, 1.54) is 0 Å². The predicted molar refractivity (Wildman–Crippen MR) is 109 cm³/mol. The van der Waals surface area contributed by atoms with Gasteiger partial charge in [-0.1, -0.05) is 12.1 Å². The lowest BCUT2D eigenvalue weighted by molar-refractivity contribution is 0.582. The summed E-state index contributed by atoms with van der Waals surface area (Å²) >= 11 is 0. The van der Waals surface area contributed by atoms with E-state index in [9.17, 15) is 8.42 Å². The first-order valence-electron chi connectivity index (χ1n) is 8.76. The third-order valence-electron chi connectivity index (χ3n) is 3.95. The van der Waals surface area contributed by atoms with E-state index in [0.29, 0.717) is 28.6 Å². The van der Waals surface area contributed by atoms with Gasteiger partial charge in [0, 0.05) is 19.3 Å². The van der Waals surface area contributed by atoms with Crippen molar-refractivity contribution in [1.29, 1.82) is 0 Å². The van der Waals surface area contributed by atoms with Crippen LogP contribution < -0.4 is 15.4 Å². The fourth-order valence-electron chi connectivity index (χ4n) is 2.53. The number of nitrogens with one attached hydrogen (secondary N) is 3. The Bertz CT molecular complexity index is 1020. The van der Waals surface area contributed by atoms with Crippen molar-refractivity contribution < 1.29 is 8.42 Å². The average Bonchev–Trinajstić information content (AvgIpc) is 2.69. The molecule has 3 aromatic rings. The van der Waals surface area contributed by atoms with Crippen LogP contribution in [0, 0.1) is 13.8 Å². The molecule has 8 nitrogen and oxygen atoms in total. The van der Waals surface area contributed by atoms with E-state index >= 15 is 0 Å². The molecular formula is C19H22N6O2S. The van der Waals surface area contributed by atoms with Crippen molar-refractivity contribution in [2.75, 3.05) is 23.7 Å². The summed E-state index contributed by atoms with van der Waals surface area (Å²) in [7, 11) is -3.55. The summed E-state index contributed by atoms with van der Waals surface area (Å²) in [6.07, 6.45) is 3.38. The van der Waals surface area contributed by atoms with Crippen LogP contribution in [0.1, 0.15) is 11.1 Å². The molecule has 0 aliphatic rings. The SMILES string of the molecule is Cc1ccc(C)c(S(=O)(=O)NCCNc2ccc(Nc3cccnc3)nn2)c1. The van der Waals surface area contributed by atoms with E-state index in [1.807, 2.05) is 25.1 Å². The molecule has 28 heavy (non-hydrogen) atoms. The molecular weight excluding hydrogens is 376 g/mol. The minimum Gasteiger partial charge on any atom is -0.367 e. The zero-order chi connectivity index (χ0) is 20.0. The maximum absolute atomic E-state index is 12.5. The van der Waals surface area contributed by atoms with Crippen LogP contribution in [0.15, 0.2) is 59.8 Å². The zero-order valence-electron chi connectivity index (χ0n) is 15.7. The highest BCUT2D eigenvalue weighted by molar-refractivity contribution is 7.89. The minimum absolute atomic E-state index is 0.229. The van der Waals surface area contributed by atoms with Crippen molar-refractivity contribution >= 4 is 27.3 Å². The second-order valence-corrected chi connectivity index (χ2v) is 8.00. The van der Waals surface area contributed by atoms with Crippen LogP contribution in [-0.2, 0) is 10.0 Å². The molecule has 0 saturated carbocycles. The van der Waals surface area contributed by atoms with Crippen LogP contribution in [0.25, 0.3) is 0 Å². The third kappa shape index (κ3) is 5.24. The molecule has 0 unspecified atom stereocenters. The van der Waals surface area contributed by atoms with Crippen LogP contribution in [-0.4, -0.2) is 36.7 Å². The van der Waals surface area contributed by atoms with Crippen LogP contribution in [0.2, 0.25) is 0 Å². The maximum Gasteiger partial charge on any atom is 0.240 e. The number of rotatable bonds is 8. The molecule has 3 rings (SSSR count). The van der Waals surface area contributed by atoms with Gasteiger partial charge in [-0.25, -0.2) is 13.1 Å². The zero-order valence-corrected chi connectivity index (χ0v) is 16.5. The fourth-order valence-corrected chi connectivity index (χ4v) is 3.89. The van der Waals surface area contributed by atoms with Gasteiger partial charge in [-0.15, -0.1) is 10.2 Å². The Balaban J connectivity index is 1.50. The molecule has 0 spiro atoms. The molecule has 2 aromatic heterocycles. The molecule has 0 aliphatic carbocycles. The van der Waals surface area contributed by atoms with Crippen molar-refractivity contribution in [2.45, 2.75) is 18.7 Å². The standard InChI is InChI=1S/C19H22N6O2S/c1-14-5-6-15(2)17(12-14)28(26,27)22-11-10-21-18-7-8-19(25-24-18)23-16-4-3-9-20-13-16/h3-9,12-13,22H,10-11H2,1-2H3,(H,21,24)(H,23,25). The highest BCUT2D eigenvalue weighted by Crippen LogP contribution is 2.16. The normalized spacial score (nSPS) is 11.2. The maximum atomic E-state index is 12.5. The first-order chi connectivity index (χ1) is 13.4. The molecule has 2 heterocycles. The summed E-state index contributed by atoms with van der Waals surface area (Å²) in [5, 5.41) is 14.3. The molecule has 0 aliphatic heterocycles. The van der Waals surface area contributed by atoms with Gasteiger partial charge in [0.25, 0.3) is 0 Å². The summed E-state index contributed by atoms with van der Waals surface area (Å²) in [5.74, 6) is 1.15. The predicted octanol–water partition coefficient (Wildman–Crippen LogP) is 2.62. The Labute approximate surface area is 164 Å². The Morgan fingerprint density at radius 2 is 1.75 bits per heavy atom. The lowest BCUT2D eigenvalue weighted by Gasteiger charge is -2.11. The van der Waals surface area contributed by atoms with Crippen molar-refractivity contribution in [3.8, 4) is 0 Å². The number of sulfonamides is 1. The molecule has 146 valence electrons. The number of anilines is 3. The molecule has 0 saturated heterocycles. The number of hydrogen-bond donors (Lipinski definition) is 3. The average molecular weight is 398 g/mol.